The van der Waals surface area contributed by atoms with E-state index in [1.807, 2.05) is 0 Å². The average Bonchev–Trinajstić information content (AvgIpc) is 2.42. The lowest BCUT2D eigenvalue weighted by Crippen LogP contribution is -2.39. The lowest BCUT2D eigenvalue weighted by atomic mass is 10.1. The van der Waals surface area contributed by atoms with Crippen LogP contribution < -0.4 is 10.1 Å². The fraction of sp³-hybridized carbons (Fsp3) is 0.533. The van der Waals surface area contributed by atoms with Gasteiger partial charge in [0.1, 0.15) is 12.4 Å². The van der Waals surface area contributed by atoms with Gasteiger partial charge in [0.2, 0.25) is 0 Å². The van der Waals surface area contributed by atoms with Crippen molar-refractivity contribution >= 4 is 5.97 Å². The highest BCUT2D eigenvalue weighted by Gasteiger charge is 2.11. The van der Waals surface area contributed by atoms with E-state index in [2.05, 4.69) is 19.2 Å². The molecule has 5 heteroatoms. The summed E-state index contributed by atoms with van der Waals surface area (Å²) in [5.41, 5.74) is 0.260. The minimum Gasteiger partial charge on any atom is -0.492 e. The van der Waals surface area contributed by atoms with E-state index < -0.39 is 5.97 Å². The molecular weight excluding hydrogens is 258 g/mol. The van der Waals surface area contributed by atoms with Gasteiger partial charge in [-0.3, -0.25) is 0 Å². The van der Waals surface area contributed by atoms with Crippen molar-refractivity contribution in [1.82, 2.24) is 5.32 Å². The van der Waals surface area contributed by atoms with Gasteiger partial charge < -0.3 is 19.9 Å². The average molecular weight is 281 g/mol. The highest BCUT2D eigenvalue weighted by Crippen LogP contribution is 2.11. The van der Waals surface area contributed by atoms with Crippen molar-refractivity contribution in [1.29, 1.82) is 0 Å². The van der Waals surface area contributed by atoms with Crippen molar-refractivity contribution < 1.29 is 19.4 Å². The van der Waals surface area contributed by atoms with Crippen LogP contribution in [0.25, 0.3) is 0 Å². The Kier molecular flexibility index (Phi) is 7.04. The van der Waals surface area contributed by atoms with E-state index in [0.717, 1.165) is 0 Å². The van der Waals surface area contributed by atoms with Crippen LogP contribution in [0.2, 0.25) is 0 Å². The number of hydrogen-bond acceptors (Lipinski definition) is 4. The van der Waals surface area contributed by atoms with Gasteiger partial charge in [0.15, 0.2) is 0 Å². The zero-order valence-electron chi connectivity index (χ0n) is 12.3. The molecule has 0 aromatic heterocycles. The first-order chi connectivity index (χ1) is 9.54. The summed E-state index contributed by atoms with van der Waals surface area (Å²) in [6.07, 6.45) is 0. The number of ether oxygens (including phenoxy) is 2. The van der Waals surface area contributed by atoms with Crippen LogP contribution in [0.5, 0.6) is 5.75 Å². The molecule has 0 radical (unpaired) electrons. The first kappa shape index (κ1) is 16.5. The first-order valence-corrected chi connectivity index (χ1v) is 6.73. The van der Waals surface area contributed by atoms with Crippen molar-refractivity contribution in [2.24, 2.45) is 5.92 Å². The summed E-state index contributed by atoms with van der Waals surface area (Å²) in [7, 11) is 1.69. The fourth-order valence-corrected chi connectivity index (χ4v) is 1.77. The van der Waals surface area contributed by atoms with Crippen LogP contribution in [0, 0.1) is 5.92 Å². The van der Waals surface area contributed by atoms with Crippen LogP contribution >= 0.6 is 0 Å². The Bertz CT molecular complexity index is 403. The minimum atomic E-state index is -0.933. The number of benzene rings is 1. The summed E-state index contributed by atoms with van der Waals surface area (Å²) >= 11 is 0. The van der Waals surface area contributed by atoms with E-state index in [1.165, 1.54) is 12.1 Å². The molecule has 1 aromatic rings. The van der Waals surface area contributed by atoms with Crippen molar-refractivity contribution in [3.63, 3.8) is 0 Å². The second-order valence-electron chi connectivity index (χ2n) is 4.94. The summed E-state index contributed by atoms with van der Waals surface area (Å²) in [6.45, 7) is 6.20. The lowest BCUT2D eigenvalue weighted by Gasteiger charge is -2.21. The van der Waals surface area contributed by atoms with Gasteiger partial charge in [-0.1, -0.05) is 13.8 Å². The number of methoxy groups -OCH3 is 1. The van der Waals surface area contributed by atoms with E-state index in [4.69, 9.17) is 14.6 Å². The van der Waals surface area contributed by atoms with Crippen LogP contribution in [0.1, 0.15) is 24.2 Å². The maximum Gasteiger partial charge on any atom is 0.335 e. The molecule has 1 rings (SSSR count). The zero-order valence-corrected chi connectivity index (χ0v) is 12.3. The maximum atomic E-state index is 10.7. The minimum absolute atomic E-state index is 0.260. The second-order valence-corrected chi connectivity index (χ2v) is 4.94. The van der Waals surface area contributed by atoms with Crippen molar-refractivity contribution in [2.45, 2.75) is 19.9 Å². The molecule has 0 aliphatic heterocycles. The first-order valence-electron chi connectivity index (χ1n) is 6.73. The molecule has 1 atom stereocenters. The molecule has 0 aliphatic carbocycles. The summed E-state index contributed by atoms with van der Waals surface area (Å²) in [5.74, 6) is 0.229. The van der Waals surface area contributed by atoms with Gasteiger partial charge in [0.25, 0.3) is 0 Å². The van der Waals surface area contributed by atoms with Gasteiger partial charge in [-0.05, 0) is 30.2 Å². The SMILES string of the molecule is COCC(NCCOc1ccc(C(=O)O)cc1)C(C)C. The van der Waals surface area contributed by atoms with E-state index >= 15 is 0 Å². The third kappa shape index (κ3) is 5.59. The smallest absolute Gasteiger partial charge is 0.335 e. The predicted molar refractivity (Wildman–Crippen MR) is 77.4 cm³/mol. The van der Waals surface area contributed by atoms with Gasteiger partial charge in [0, 0.05) is 19.7 Å². The summed E-state index contributed by atoms with van der Waals surface area (Å²) < 4.78 is 10.7. The topological polar surface area (TPSA) is 67.8 Å². The monoisotopic (exact) mass is 281 g/mol. The number of carboxylic acids is 1. The summed E-state index contributed by atoms with van der Waals surface area (Å²) in [6, 6.07) is 6.70. The lowest BCUT2D eigenvalue weighted by molar-refractivity contribution is 0.0697. The summed E-state index contributed by atoms with van der Waals surface area (Å²) in [4.78, 5) is 10.7. The van der Waals surface area contributed by atoms with E-state index in [1.54, 1.807) is 19.2 Å². The zero-order chi connectivity index (χ0) is 15.0. The molecule has 20 heavy (non-hydrogen) atoms. The van der Waals surface area contributed by atoms with E-state index in [-0.39, 0.29) is 5.56 Å². The predicted octanol–water partition coefficient (Wildman–Crippen LogP) is 2.02. The maximum absolute atomic E-state index is 10.7. The van der Waals surface area contributed by atoms with Gasteiger partial charge in [-0.15, -0.1) is 0 Å². The van der Waals surface area contributed by atoms with Gasteiger partial charge >= 0.3 is 5.97 Å². The van der Waals surface area contributed by atoms with Gasteiger partial charge in [-0.2, -0.15) is 0 Å². The quantitative estimate of drug-likeness (QED) is 0.678. The molecule has 2 N–H and O–H groups in total. The summed E-state index contributed by atoms with van der Waals surface area (Å²) in [5, 5.41) is 12.2. The number of hydrogen-bond donors (Lipinski definition) is 2. The largest absolute Gasteiger partial charge is 0.492 e. The molecular formula is C15H23NO4. The molecule has 0 heterocycles. The van der Waals surface area contributed by atoms with Gasteiger partial charge in [-0.25, -0.2) is 4.79 Å². The second kappa shape index (κ2) is 8.55. The Labute approximate surface area is 119 Å². The van der Waals surface area contributed by atoms with Crippen molar-refractivity contribution in [3.05, 3.63) is 29.8 Å². The molecule has 0 spiro atoms. The van der Waals surface area contributed by atoms with E-state index in [9.17, 15) is 4.79 Å². The molecule has 0 aliphatic rings. The van der Waals surface area contributed by atoms with Crippen LogP contribution in [0.4, 0.5) is 0 Å². The number of rotatable bonds is 9. The Balaban J connectivity index is 2.31. The normalized spacial score (nSPS) is 12.4. The third-order valence-corrected chi connectivity index (χ3v) is 3.03. The highest BCUT2D eigenvalue weighted by atomic mass is 16.5. The molecule has 0 amide bonds. The number of nitrogens with one attached hydrogen (secondary N) is 1. The highest BCUT2D eigenvalue weighted by molar-refractivity contribution is 5.87. The fourth-order valence-electron chi connectivity index (χ4n) is 1.77. The standard InChI is InChI=1S/C15H23NO4/c1-11(2)14(10-19-3)16-8-9-20-13-6-4-12(5-7-13)15(17)18/h4-7,11,14,16H,8-10H2,1-3H3,(H,17,18). The Morgan fingerprint density at radius 1 is 1.30 bits per heavy atom. The molecule has 0 saturated heterocycles. The Morgan fingerprint density at radius 3 is 2.45 bits per heavy atom. The molecule has 0 saturated carbocycles. The van der Waals surface area contributed by atoms with Gasteiger partial charge in [0.05, 0.1) is 12.2 Å². The van der Waals surface area contributed by atoms with Crippen LogP contribution in [0.3, 0.4) is 0 Å². The van der Waals surface area contributed by atoms with Crippen LogP contribution in [0.15, 0.2) is 24.3 Å². The number of aromatic carboxylic acids is 1. The molecule has 1 aromatic carbocycles. The number of carbonyl (C=O) groups is 1. The molecule has 1 unspecified atom stereocenters. The van der Waals surface area contributed by atoms with Crippen molar-refractivity contribution in [2.75, 3.05) is 26.9 Å². The number of carboxylic acid groups (broad SMARTS) is 1. The van der Waals surface area contributed by atoms with Crippen LogP contribution in [-0.2, 0) is 4.74 Å². The molecule has 5 nitrogen and oxygen atoms in total. The molecule has 0 bridgehead atoms. The van der Waals surface area contributed by atoms with E-state index in [0.29, 0.717) is 37.5 Å². The molecule has 0 fully saturated rings. The third-order valence-electron chi connectivity index (χ3n) is 3.03. The Morgan fingerprint density at radius 2 is 1.95 bits per heavy atom. The van der Waals surface area contributed by atoms with Crippen molar-refractivity contribution in [3.8, 4) is 5.75 Å². The molecule has 112 valence electrons. The van der Waals surface area contributed by atoms with Crippen LogP contribution in [-0.4, -0.2) is 44.0 Å². The Hall–Kier alpha value is -1.59.